The number of halogens is 1. The summed E-state index contributed by atoms with van der Waals surface area (Å²) in [7, 11) is 3.12. The number of ether oxygens (including phenoxy) is 4. The quantitative estimate of drug-likeness (QED) is 0.184. The van der Waals surface area contributed by atoms with Gasteiger partial charge in [-0.2, -0.15) is 0 Å². The minimum Gasteiger partial charge on any atom is -0.497 e. The topological polar surface area (TPSA) is 148 Å². The molecular formula is C27H25IO10. The second-order valence-corrected chi connectivity index (χ2v) is 9.85. The van der Waals surface area contributed by atoms with Crippen molar-refractivity contribution in [3.63, 3.8) is 0 Å². The third-order valence-corrected chi connectivity index (χ3v) is 7.57. The van der Waals surface area contributed by atoms with E-state index in [1.165, 1.54) is 6.07 Å². The van der Waals surface area contributed by atoms with Crippen molar-refractivity contribution in [2.45, 2.75) is 30.7 Å². The maximum absolute atomic E-state index is 12.5. The van der Waals surface area contributed by atoms with E-state index in [4.69, 9.17) is 23.4 Å². The summed E-state index contributed by atoms with van der Waals surface area (Å²) in [5.41, 5.74) is 2.39. The first-order valence-corrected chi connectivity index (χ1v) is 12.7. The molecule has 1 saturated heterocycles. The second kappa shape index (κ2) is 10.7. The van der Waals surface area contributed by atoms with Gasteiger partial charge in [-0.15, -0.1) is 0 Å². The molecule has 1 fully saturated rings. The summed E-state index contributed by atoms with van der Waals surface area (Å²) in [4.78, 5) is 12.5. The molecule has 1 aliphatic carbocycles. The highest BCUT2D eigenvalue weighted by atomic mass is 127. The van der Waals surface area contributed by atoms with Crippen LogP contribution in [-0.2, 0) is 4.74 Å². The predicted molar refractivity (Wildman–Crippen MR) is 145 cm³/mol. The average Bonchev–Trinajstić information content (AvgIpc) is 2.94. The molecule has 0 spiro atoms. The molecule has 3 aliphatic rings. The Balaban J connectivity index is 1.66. The molecule has 5 atom stereocenters. The number of hydrogen-bond donors (Lipinski definition) is 4. The molecule has 2 aromatic carbocycles. The van der Waals surface area contributed by atoms with Gasteiger partial charge in [0.25, 0.3) is 0 Å². The van der Waals surface area contributed by atoms with Crippen LogP contribution < -0.4 is 19.6 Å². The maximum atomic E-state index is 12.5. The Kier molecular flexibility index (Phi) is 7.49. The maximum Gasteiger partial charge on any atom is 0.229 e. The zero-order valence-corrected chi connectivity index (χ0v) is 22.5. The smallest absolute Gasteiger partial charge is 0.229 e. The first kappa shape index (κ1) is 26.7. The van der Waals surface area contributed by atoms with Gasteiger partial charge in [0.05, 0.1) is 20.8 Å². The molecule has 38 heavy (non-hydrogen) atoms. The summed E-state index contributed by atoms with van der Waals surface area (Å²) in [6.45, 7) is -0.577. The molecule has 5 rings (SSSR count). The van der Waals surface area contributed by atoms with Crippen molar-refractivity contribution in [2.75, 3.05) is 20.8 Å². The Bertz CT molecular complexity index is 1500. The van der Waals surface area contributed by atoms with E-state index in [2.05, 4.69) is 0 Å². The van der Waals surface area contributed by atoms with Crippen LogP contribution >= 0.6 is 22.6 Å². The van der Waals surface area contributed by atoms with Gasteiger partial charge in [-0.3, -0.25) is 4.79 Å². The van der Waals surface area contributed by atoms with Crippen LogP contribution in [0.4, 0.5) is 0 Å². The number of benzene rings is 3. The van der Waals surface area contributed by atoms with E-state index in [1.54, 1.807) is 44.6 Å². The molecule has 11 heteroatoms. The fourth-order valence-electron chi connectivity index (χ4n) is 4.55. The fraction of sp³-hybridized carbons (Fsp3) is 0.296. The Labute approximate surface area is 230 Å². The highest BCUT2D eigenvalue weighted by molar-refractivity contribution is 14.1. The largest absolute Gasteiger partial charge is 0.497 e. The van der Waals surface area contributed by atoms with E-state index in [0.717, 1.165) is 11.1 Å². The standard InChI is InChI=1S/C27H25IO10/c1-34-12-3-5-14(18(9-12)35-2)21-15-6-4-13(36-27-25(33)24(32)23(31)20(11-29)38-27)10-19(15)37-26-16(21)7-8-17(30)22(26)28/h3-10,20,23-25,27,29,31-33H,11H2,1-2H3/t20-,23+,24+,25-,27-/m1/s1. The predicted octanol–water partition coefficient (Wildman–Crippen LogP) is 2.37. The molecule has 4 N–H and O–H groups in total. The third kappa shape index (κ3) is 4.59. The molecule has 200 valence electrons. The van der Waals surface area contributed by atoms with Crippen molar-refractivity contribution in [1.29, 1.82) is 0 Å². The summed E-state index contributed by atoms with van der Waals surface area (Å²) in [6.07, 6.45) is -7.12. The molecule has 2 aliphatic heterocycles. The summed E-state index contributed by atoms with van der Waals surface area (Å²) < 4.78 is 28.9. The van der Waals surface area contributed by atoms with Gasteiger partial charge < -0.3 is 43.8 Å². The summed E-state index contributed by atoms with van der Waals surface area (Å²) in [5.74, 6) is 1.78. The van der Waals surface area contributed by atoms with Crippen molar-refractivity contribution < 1.29 is 43.8 Å². The van der Waals surface area contributed by atoms with Crippen molar-refractivity contribution >= 4 is 33.6 Å². The van der Waals surface area contributed by atoms with Crippen molar-refractivity contribution in [2.24, 2.45) is 0 Å². The number of aliphatic hydroxyl groups is 4. The first-order valence-electron chi connectivity index (χ1n) is 11.7. The number of methoxy groups -OCH3 is 2. The van der Waals surface area contributed by atoms with E-state index in [0.29, 0.717) is 37.4 Å². The number of fused-ring (bicyclic) bond motifs is 2. The van der Waals surface area contributed by atoms with Crippen LogP contribution in [0.2, 0.25) is 0 Å². The van der Waals surface area contributed by atoms with Gasteiger partial charge in [-0.25, -0.2) is 0 Å². The Morgan fingerprint density at radius 1 is 0.895 bits per heavy atom. The molecule has 0 saturated carbocycles. The third-order valence-electron chi connectivity index (χ3n) is 6.54. The molecule has 0 amide bonds. The summed E-state index contributed by atoms with van der Waals surface area (Å²) in [6, 6.07) is 13.6. The van der Waals surface area contributed by atoms with Crippen LogP contribution in [0.25, 0.3) is 33.4 Å². The summed E-state index contributed by atoms with van der Waals surface area (Å²) >= 11 is 1.95. The van der Waals surface area contributed by atoms with Gasteiger partial charge >= 0.3 is 0 Å². The second-order valence-electron chi connectivity index (χ2n) is 8.77. The minimum atomic E-state index is -1.58. The molecule has 10 nitrogen and oxygen atoms in total. The van der Waals surface area contributed by atoms with Crippen molar-refractivity contribution in [3.8, 4) is 39.7 Å². The van der Waals surface area contributed by atoms with Crippen LogP contribution in [0.15, 0.2) is 57.7 Å². The normalized spacial score (nSPS) is 23.5. The SMILES string of the molecule is COc1ccc(-c2c3ccc(=O)c(I)c-3oc3cc(O[C@@H]4O[C@H](CO)[C@H](O)[C@H](O)[C@H]4O)ccc23)c(OC)c1. The number of aliphatic hydroxyl groups excluding tert-OH is 4. The first-order chi connectivity index (χ1) is 18.3. The van der Waals surface area contributed by atoms with Crippen LogP contribution in [0.3, 0.4) is 0 Å². The molecule has 2 heterocycles. The molecule has 0 aromatic heterocycles. The lowest BCUT2D eigenvalue weighted by Gasteiger charge is -2.39. The van der Waals surface area contributed by atoms with E-state index < -0.39 is 37.3 Å². The van der Waals surface area contributed by atoms with Crippen LogP contribution in [0, 0.1) is 3.57 Å². The van der Waals surface area contributed by atoms with Crippen LogP contribution in [0.5, 0.6) is 17.2 Å². The average molecular weight is 636 g/mol. The monoisotopic (exact) mass is 636 g/mol. The van der Waals surface area contributed by atoms with Gasteiger partial charge in [0.2, 0.25) is 6.29 Å². The van der Waals surface area contributed by atoms with Gasteiger partial charge in [0.1, 0.15) is 50.8 Å². The highest BCUT2D eigenvalue weighted by Gasteiger charge is 2.44. The lowest BCUT2D eigenvalue weighted by molar-refractivity contribution is -0.277. The molecular weight excluding hydrogens is 611 g/mol. The highest BCUT2D eigenvalue weighted by Crippen LogP contribution is 2.46. The number of hydrogen-bond acceptors (Lipinski definition) is 10. The Morgan fingerprint density at radius 2 is 1.63 bits per heavy atom. The van der Waals surface area contributed by atoms with Crippen LogP contribution in [-0.4, -0.2) is 72.0 Å². The summed E-state index contributed by atoms with van der Waals surface area (Å²) in [5, 5.41) is 40.7. The zero-order valence-electron chi connectivity index (χ0n) is 20.3. The fourth-order valence-corrected chi connectivity index (χ4v) is 5.13. The van der Waals surface area contributed by atoms with Crippen molar-refractivity contribution in [1.82, 2.24) is 0 Å². The van der Waals surface area contributed by atoms with E-state index in [-0.39, 0.29) is 11.2 Å². The van der Waals surface area contributed by atoms with E-state index in [9.17, 15) is 25.2 Å². The Morgan fingerprint density at radius 3 is 2.34 bits per heavy atom. The molecule has 0 radical (unpaired) electrons. The Hall–Kier alpha value is -2.94. The lowest BCUT2D eigenvalue weighted by atomic mass is 9.93. The lowest BCUT2D eigenvalue weighted by Crippen LogP contribution is -2.60. The minimum absolute atomic E-state index is 0.192. The van der Waals surface area contributed by atoms with Gasteiger partial charge in [0.15, 0.2) is 11.2 Å². The van der Waals surface area contributed by atoms with E-state index >= 15 is 0 Å². The van der Waals surface area contributed by atoms with Gasteiger partial charge in [0, 0.05) is 34.2 Å². The molecule has 2 aromatic rings. The van der Waals surface area contributed by atoms with E-state index in [1.807, 2.05) is 34.7 Å². The molecule has 0 unspecified atom stereocenters. The number of rotatable bonds is 6. The van der Waals surface area contributed by atoms with Gasteiger partial charge in [-0.1, -0.05) is 0 Å². The van der Waals surface area contributed by atoms with Gasteiger partial charge in [-0.05, 0) is 59.0 Å². The van der Waals surface area contributed by atoms with Crippen LogP contribution in [0.1, 0.15) is 0 Å². The van der Waals surface area contributed by atoms with Crippen molar-refractivity contribution in [3.05, 3.63) is 62.3 Å². The molecule has 0 bridgehead atoms. The zero-order chi connectivity index (χ0) is 27.1.